The molecule has 126 valence electrons. The van der Waals surface area contributed by atoms with Gasteiger partial charge in [-0.05, 0) is 29.8 Å². The molecule has 3 aromatic rings. The summed E-state index contributed by atoms with van der Waals surface area (Å²) in [5.74, 6) is 0.676. The molecule has 0 radical (unpaired) electrons. The number of rotatable bonds is 5. The van der Waals surface area contributed by atoms with Gasteiger partial charge < -0.3 is 10.1 Å². The van der Waals surface area contributed by atoms with Crippen molar-refractivity contribution >= 4 is 34.8 Å². The van der Waals surface area contributed by atoms with Crippen LogP contribution in [0.1, 0.15) is 5.56 Å². The first-order valence-corrected chi connectivity index (χ1v) is 8.14. The Hall–Kier alpha value is -2.63. The van der Waals surface area contributed by atoms with Crippen LogP contribution in [0.4, 0.5) is 5.69 Å². The first-order valence-electron chi connectivity index (χ1n) is 7.38. The Bertz CT molecular complexity index is 868. The first-order chi connectivity index (χ1) is 12.1. The van der Waals surface area contributed by atoms with E-state index in [9.17, 15) is 4.79 Å². The highest BCUT2D eigenvalue weighted by Crippen LogP contribution is 2.26. The van der Waals surface area contributed by atoms with Crippen molar-refractivity contribution in [2.24, 2.45) is 0 Å². The number of ether oxygens (including phenoxy) is 1. The monoisotopic (exact) mass is 373 g/mol. The zero-order valence-electron chi connectivity index (χ0n) is 12.9. The number of hydrogen-bond acceptors (Lipinski definition) is 4. The molecule has 7 heteroatoms. The molecule has 0 atom stereocenters. The zero-order chi connectivity index (χ0) is 17.6. The molecule has 0 saturated carbocycles. The van der Waals surface area contributed by atoms with Crippen LogP contribution in [0.2, 0.25) is 10.0 Å². The van der Waals surface area contributed by atoms with E-state index in [0.717, 1.165) is 0 Å². The fourth-order valence-corrected chi connectivity index (χ4v) is 2.69. The van der Waals surface area contributed by atoms with Gasteiger partial charge >= 0.3 is 0 Å². The fourth-order valence-electron chi connectivity index (χ4n) is 2.16. The third-order valence-electron chi connectivity index (χ3n) is 3.28. The second-order valence-electron chi connectivity index (χ2n) is 5.10. The maximum Gasteiger partial charge on any atom is 0.237 e. The van der Waals surface area contributed by atoms with Gasteiger partial charge in [-0.15, -0.1) is 0 Å². The van der Waals surface area contributed by atoms with Gasteiger partial charge in [0.15, 0.2) is 0 Å². The van der Waals surface area contributed by atoms with Gasteiger partial charge in [0.05, 0.1) is 12.6 Å². The molecule has 0 aliphatic rings. The highest BCUT2D eigenvalue weighted by Gasteiger charge is 2.11. The molecular formula is C18H13Cl2N3O2. The summed E-state index contributed by atoms with van der Waals surface area (Å²) in [6.45, 7) is 0. The van der Waals surface area contributed by atoms with Crippen molar-refractivity contribution in [1.29, 1.82) is 0 Å². The summed E-state index contributed by atoms with van der Waals surface area (Å²) in [5.41, 5.74) is 1.19. The molecule has 25 heavy (non-hydrogen) atoms. The molecule has 1 N–H and O–H groups in total. The summed E-state index contributed by atoms with van der Waals surface area (Å²) in [6, 6.07) is 12.1. The highest BCUT2D eigenvalue weighted by molar-refractivity contribution is 6.36. The summed E-state index contributed by atoms with van der Waals surface area (Å²) in [5, 5.41) is 3.72. The molecular weight excluding hydrogens is 361 g/mol. The third-order valence-corrected chi connectivity index (χ3v) is 3.99. The van der Waals surface area contributed by atoms with Crippen LogP contribution in [-0.4, -0.2) is 15.9 Å². The lowest BCUT2D eigenvalue weighted by atomic mass is 10.1. The van der Waals surface area contributed by atoms with E-state index in [-0.39, 0.29) is 12.3 Å². The minimum Gasteiger partial charge on any atom is -0.437 e. The Kier molecular flexibility index (Phi) is 5.48. The molecule has 0 saturated heterocycles. The SMILES string of the molecule is O=C(Cc1c(Cl)cccc1Cl)Nc1cccc(Oc2cnccn2)c1. The van der Waals surface area contributed by atoms with Gasteiger partial charge in [-0.2, -0.15) is 0 Å². The maximum atomic E-state index is 12.3. The van der Waals surface area contributed by atoms with E-state index in [1.165, 1.54) is 12.4 Å². The van der Waals surface area contributed by atoms with E-state index >= 15 is 0 Å². The second kappa shape index (κ2) is 7.96. The Labute approximate surface area is 154 Å². The average molecular weight is 374 g/mol. The fraction of sp³-hybridized carbons (Fsp3) is 0.0556. The number of carbonyl (C=O) groups is 1. The second-order valence-corrected chi connectivity index (χ2v) is 5.91. The van der Waals surface area contributed by atoms with Crippen LogP contribution in [0, 0.1) is 0 Å². The normalized spacial score (nSPS) is 10.3. The molecule has 0 fully saturated rings. The molecule has 0 bridgehead atoms. The van der Waals surface area contributed by atoms with Crippen LogP contribution >= 0.6 is 23.2 Å². The molecule has 3 rings (SSSR count). The first kappa shape index (κ1) is 17.2. The van der Waals surface area contributed by atoms with Crippen LogP contribution in [-0.2, 0) is 11.2 Å². The van der Waals surface area contributed by atoms with Gasteiger partial charge in [0.1, 0.15) is 5.75 Å². The summed E-state index contributed by atoms with van der Waals surface area (Å²) >= 11 is 12.2. The van der Waals surface area contributed by atoms with Crippen molar-refractivity contribution in [3.8, 4) is 11.6 Å². The van der Waals surface area contributed by atoms with E-state index in [1.807, 2.05) is 0 Å². The quantitative estimate of drug-likeness (QED) is 0.700. The minimum atomic E-state index is -0.230. The Balaban J connectivity index is 1.68. The van der Waals surface area contributed by atoms with Crippen molar-refractivity contribution in [2.75, 3.05) is 5.32 Å². The number of benzene rings is 2. The van der Waals surface area contributed by atoms with Crippen molar-refractivity contribution in [1.82, 2.24) is 9.97 Å². The lowest BCUT2D eigenvalue weighted by Crippen LogP contribution is -2.14. The van der Waals surface area contributed by atoms with Crippen LogP contribution in [0.25, 0.3) is 0 Å². The molecule has 5 nitrogen and oxygen atoms in total. The van der Waals surface area contributed by atoms with Gasteiger partial charge in [-0.3, -0.25) is 9.78 Å². The molecule has 2 aromatic carbocycles. The van der Waals surface area contributed by atoms with Gasteiger partial charge in [-0.25, -0.2) is 4.98 Å². The van der Waals surface area contributed by atoms with E-state index in [0.29, 0.717) is 32.9 Å². The van der Waals surface area contributed by atoms with Crippen molar-refractivity contribution < 1.29 is 9.53 Å². The van der Waals surface area contributed by atoms with Gasteiger partial charge in [0.2, 0.25) is 11.8 Å². The molecule has 0 spiro atoms. The largest absolute Gasteiger partial charge is 0.437 e. The van der Waals surface area contributed by atoms with Crippen molar-refractivity contribution in [2.45, 2.75) is 6.42 Å². The summed E-state index contributed by atoms with van der Waals surface area (Å²) in [6.07, 6.45) is 4.68. The average Bonchev–Trinajstić information content (AvgIpc) is 2.59. The zero-order valence-corrected chi connectivity index (χ0v) is 14.5. The van der Waals surface area contributed by atoms with E-state index in [4.69, 9.17) is 27.9 Å². The van der Waals surface area contributed by atoms with Gasteiger partial charge in [-0.1, -0.05) is 35.3 Å². The van der Waals surface area contributed by atoms with Gasteiger partial charge in [0.25, 0.3) is 0 Å². The Morgan fingerprint density at radius 3 is 2.56 bits per heavy atom. The molecule has 1 aromatic heterocycles. The summed E-state index contributed by atoms with van der Waals surface area (Å²) < 4.78 is 5.59. The number of nitrogens with zero attached hydrogens (tertiary/aromatic N) is 2. The van der Waals surface area contributed by atoms with E-state index in [1.54, 1.807) is 48.7 Å². The van der Waals surface area contributed by atoms with Crippen LogP contribution < -0.4 is 10.1 Å². The molecule has 0 aliphatic carbocycles. The predicted octanol–water partition coefficient (Wildman–Crippen LogP) is 4.76. The lowest BCUT2D eigenvalue weighted by molar-refractivity contribution is -0.115. The maximum absolute atomic E-state index is 12.3. The minimum absolute atomic E-state index is 0.0771. The predicted molar refractivity (Wildman–Crippen MR) is 97.3 cm³/mol. The number of halogens is 2. The van der Waals surface area contributed by atoms with E-state index in [2.05, 4.69) is 15.3 Å². The smallest absolute Gasteiger partial charge is 0.237 e. The van der Waals surface area contributed by atoms with Crippen molar-refractivity contribution in [3.63, 3.8) is 0 Å². The Morgan fingerprint density at radius 1 is 1.08 bits per heavy atom. The number of aromatic nitrogens is 2. The third kappa shape index (κ3) is 4.68. The summed E-state index contributed by atoms with van der Waals surface area (Å²) in [4.78, 5) is 20.2. The number of hydrogen-bond donors (Lipinski definition) is 1. The Morgan fingerprint density at radius 2 is 1.84 bits per heavy atom. The molecule has 1 heterocycles. The van der Waals surface area contributed by atoms with E-state index < -0.39 is 0 Å². The lowest BCUT2D eigenvalue weighted by Gasteiger charge is -2.10. The highest BCUT2D eigenvalue weighted by atomic mass is 35.5. The molecule has 0 aliphatic heterocycles. The van der Waals surface area contributed by atoms with Crippen molar-refractivity contribution in [3.05, 3.63) is 76.7 Å². The standard InChI is InChI=1S/C18H13Cl2N3O2/c19-15-5-2-6-16(20)14(15)10-17(24)23-12-3-1-4-13(9-12)25-18-11-21-7-8-22-18/h1-9,11H,10H2,(H,23,24). The molecule has 1 amide bonds. The number of anilines is 1. The number of nitrogens with one attached hydrogen (secondary N) is 1. The number of amides is 1. The number of carbonyl (C=O) groups excluding carboxylic acids is 1. The van der Waals surface area contributed by atoms with Crippen LogP contribution in [0.3, 0.4) is 0 Å². The topological polar surface area (TPSA) is 64.1 Å². The van der Waals surface area contributed by atoms with Crippen LogP contribution in [0.5, 0.6) is 11.6 Å². The van der Waals surface area contributed by atoms with Crippen LogP contribution in [0.15, 0.2) is 61.1 Å². The van der Waals surface area contributed by atoms with Gasteiger partial charge in [0, 0.05) is 34.2 Å². The summed E-state index contributed by atoms with van der Waals surface area (Å²) in [7, 11) is 0. The molecule has 0 unspecified atom stereocenters.